The summed E-state index contributed by atoms with van der Waals surface area (Å²) < 4.78 is 0. The van der Waals surface area contributed by atoms with Gasteiger partial charge < -0.3 is 15.5 Å². The Kier molecular flexibility index (Phi) is 9.61. The molecule has 1 aliphatic heterocycles. The van der Waals surface area contributed by atoms with Crippen molar-refractivity contribution >= 4 is 24.2 Å². The summed E-state index contributed by atoms with van der Waals surface area (Å²) in [6, 6.07) is -0.245. The maximum atomic E-state index is 12.0. The van der Waals surface area contributed by atoms with E-state index >= 15 is 0 Å². The van der Waals surface area contributed by atoms with Crippen molar-refractivity contribution in [2.24, 2.45) is 0 Å². The smallest absolute Gasteiger partial charge is 0.242 e. The lowest BCUT2D eigenvalue weighted by Gasteiger charge is -2.23. The summed E-state index contributed by atoms with van der Waals surface area (Å²) in [4.78, 5) is 25.6. The SMILES string of the molecule is CCCC(=O)N1CCCC1C(=O)NCCNCC.Cl. The first-order valence-corrected chi connectivity index (χ1v) is 6.98. The lowest BCUT2D eigenvalue weighted by atomic mass is 10.2. The predicted molar refractivity (Wildman–Crippen MR) is 78.4 cm³/mol. The Morgan fingerprint density at radius 2 is 2.00 bits per heavy atom. The molecule has 0 aromatic rings. The average molecular weight is 292 g/mol. The number of carbonyl (C=O) groups is 2. The first kappa shape index (κ1) is 18.2. The number of amides is 2. The summed E-state index contributed by atoms with van der Waals surface area (Å²) >= 11 is 0. The van der Waals surface area contributed by atoms with Crippen LogP contribution < -0.4 is 10.6 Å². The Balaban J connectivity index is 0.00000324. The van der Waals surface area contributed by atoms with Crippen LogP contribution in [0.3, 0.4) is 0 Å². The first-order chi connectivity index (χ1) is 8.70. The molecule has 6 heteroatoms. The third kappa shape index (κ3) is 5.78. The molecular formula is C13H26ClN3O2. The van der Waals surface area contributed by atoms with Crippen molar-refractivity contribution < 1.29 is 9.59 Å². The molecule has 5 nitrogen and oxygen atoms in total. The van der Waals surface area contributed by atoms with E-state index in [0.717, 1.165) is 38.9 Å². The zero-order chi connectivity index (χ0) is 13.4. The molecule has 0 aromatic carbocycles. The number of halogens is 1. The molecule has 1 saturated heterocycles. The minimum absolute atomic E-state index is 0. The van der Waals surface area contributed by atoms with Crippen LogP contribution in [0.1, 0.15) is 39.5 Å². The van der Waals surface area contributed by atoms with Crippen molar-refractivity contribution in [2.75, 3.05) is 26.2 Å². The van der Waals surface area contributed by atoms with E-state index in [0.29, 0.717) is 13.0 Å². The van der Waals surface area contributed by atoms with Gasteiger partial charge >= 0.3 is 0 Å². The number of likely N-dealkylation sites (tertiary alicyclic amines) is 1. The summed E-state index contributed by atoms with van der Waals surface area (Å²) in [7, 11) is 0. The number of rotatable bonds is 7. The number of carbonyl (C=O) groups excluding carboxylic acids is 2. The summed E-state index contributed by atoms with van der Waals surface area (Å²) in [5.41, 5.74) is 0. The van der Waals surface area contributed by atoms with E-state index in [4.69, 9.17) is 0 Å². The molecule has 19 heavy (non-hydrogen) atoms. The van der Waals surface area contributed by atoms with Gasteiger partial charge in [0.15, 0.2) is 0 Å². The molecule has 0 radical (unpaired) electrons. The summed E-state index contributed by atoms with van der Waals surface area (Å²) in [6.07, 6.45) is 3.11. The highest BCUT2D eigenvalue weighted by molar-refractivity contribution is 5.88. The van der Waals surface area contributed by atoms with Crippen LogP contribution in [0.2, 0.25) is 0 Å². The van der Waals surface area contributed by atoms with Gasteiger partial charge in [0.1, 0.15) is 6.04 Å². The number of likely N-dealkylation sites (N-methyl/N-ethyl adjacent to an activating group) is 1. The normalized spacial score (nSPS) is 18.0. The second-order valence-corrected chi connectivity index (χ2v) is 4.64. The fourth-order valence-electron chi connectivity index (χ4n) is 2.26. The van der Waals surface area contributed by atoms with Crippen LogP contribution >= 0.6 is 12.4 Å². The highest BCUT2D eigenvalue weighted by atomic mass is 35.5. The number of hydrogen-bond donors (Lipinski definition) is 2. The highest BCUT2D eigenvalue weighted by Gasteiger charge is 2.33. The molecule has 1 rings (SSSR count). The van der Waals surface area contributed by atoms with Gasteiger partial charge in [-0.2, -0.15) is 0 Å². The maximum Gasteiger partial charge on any atom is 0.242 e. The molecule has 0 saturated carbocycles. The Labute approximate surface area is 121 Å². The van der Waals surface area contributed by atoms with Crippen LogP contribution in [0.5, 0.6) is 0 Å². The first-order valence-electron chi connectivity index (χ1n) is 6.98. The van der Waals surface area contributed by atoms with Gasteiger partial charge in [0.2, 0.25) is 11.8 Å². The van der Waals surface area contributed by atoms with Crippen molar-refractivity contribution in [3.8, 4) is 0 Å². The fraction of sp³-hybridized carbons (Fsp3) is 0.846. The Morgan fingerprint density at radius 1 is 1.26 bits per heavy atom. The number of hydrogen-bond acceptors (Lipinski definition) is 3. The third-order valence-corrected chi connectivity index (χ3v) is 3.19. The number of nitrogens with one attached hydrogen (secondary N) is 2. The average Bonchev–Trinajstić information content (AvgIpc) is 2.84. The van der Waals surface area contributed by atoms with E-state index < -0.39 is 0 Å². The van der Waals surface area contributed by atoms with Crippen molar-refractivity contribution in [3.63, 3.8) is 0 Å². The van der Waals surface area contributed by atoms with Gasteiger partial charge in [-0.25, -0.2) is 0 Å². The lowest BCUT2D eigenvalue weighted by Crippen LogP contribution is -2.47. The predicted octanol–water partition coefficient (Wildman–Crippen LogP) is 0.925. The molecule has 112 valence electrons. The van der Waals surface area contributed by atoms with Crippen molar-refractivity contribution in [1.82, 2.24) is 15.5 Å². The zero-order valence-electron chi connectivity index (χ0n) is 11.9. The Bertz CT molecular complexity index is 287. The molecule has 1 fully saturated rings. The van der Waals surface area contributed by atoms with Crippen LogP contribution in [0.25, 0.3) is 0 Å². The highest BCUT2D eigenvalue weighted by Crippen LogP contribution is 2.18. The topological polar surface area (TPSA) is 61.4 Å². The molecule has 1 atom stereocenters. The molecule has 1 heterocycles. The van der Waals surface area contributed by atoms with E-state index in [1.807, 2.05) is 13.8 Å². The van der Waals surface area contributed by atoms with Crippen molar-refractivity contribution in [3.05, 3.63) is 0 Å². The van der Waals surface area contributed by atoms with Gasteiger partial charge in [-0.1, -0.05) is 13.8 Å². The van der Waals surface area contributed by atoms with Gasteiger partial charge in [-0.05, 0) is 25.8 Å². The van der Waals surface area contributed by atoms with Crippen molar-refractivity contribution in [2.45, 2.75) is 45.6 Å². The summed E-state index contributed by atoms with van der Waals surface area (Å²) in [6.45, 7) is 7.05. The van der Waals surface area contributed by atoms with E-state index in [9.17, 15) is 9.59 Å². The van der Waals surface area contributed by atoms with E-state index in [2.05, 4.69) is 10.6 Å². The molecule has 0 spiro atoms. The summed E-state index contributed by atoms with van der Waals surface area (Å²) in [5, 5.41) is 6.04. The van der Waals surface area contributed by atoms with Crippen molar-refractivity contribution in [1.29, 1.82) is 0 Å². The molecule has 1 aliphatic rings. The van der Waals surface area contributed by atoms with Gasteiger partial charge in [0, 0.05) is 26.1 Å². The molecule has 0 aromatic heterocycles. The van der Waals surface area contributed by atoms with E-state index in [1.54, 1.807) is 4.90 Å². The standard InChI is InChI=1S/C13H25N3O2.ClH/c1-3-6-12(17)16-10-5-7-11(16)13(18)15-9-8-14-4-2;/h11,14H,3-10H2,1-2H3,(H,15,18);1H. The fourth-order valence-corrected chi connectivity index (χ4v) is 2.26. The second kappa shape index (κ2) is 10.0. The zero-order valence-corrected chi connectivity index (χ0v) is 12.7. The minimum atomic E-state index is -0.245. The van der Waals surface area contributed by atoms with Gasteiger partial charge in [0.25, 0.3) is 0 Å². The van der Waals surface area contributed by atoms with Gasteiger partial charge in [-0.3, -0.25) is 9.59 Å². The molecular weight excluding hydrogens is 266 g/mol. The third-order valence-electron chi connectivity index (χ3n) is 3.19. The van der Waals surface area contributed by atoms with Gasteiger partial charge in [-0.15, -0.1) is 12.4 Å². The molecule has 0 bridgehead atoms. The molecule has 2 amide bonds. The summed E-state index contributed by atoms with van der Waals surface area (Å²) in [5.74, 6) is 0.108. The molecule has 0 aliphatic carbocycles. The van der Waals surface area contributed by atoms with Crippen LogP contribution in [-0.2, 0) is 9.59 Å². The second-order valence-electron chi connectivity index (χ2n) is 4.64. The van der Waals surface area contributed by atoms with Crippen LogP contribution in [0.15, 0.2) is 0 Å². The van der Waals surface area contributed by atoms with E-state index in [-0.39, 0.29) is 30.3 Å². The largest absolute Gasteiger partial charge is 0.353 e. The van der Waals surface area contributed by atoms with Crippen LogP contribution in [0, 0.1) is 0 Å². The molecule has 1 unspecified atom stereocenters. The lowest BCUT2D eigenvalue weighted by molar-refractivity contribution is -0.138. The van der Waals surface area contributed by atoms with E-state index in [1.165, 1.54) is 0 Å². The Hall–Kier alpha value is -0.810. The monoisotopic (exact) mass is 291 g/mol. The number of nitrogens with zero attached hydrogens (tertiary/aromatic N) is 1. The Morgan fingerprint density at radius 3 is 2.63 bits per heavy atom. The quantitative estimate of drug-likeness (QED) is 0.686. The maximum absolute atomic E-state index is 12.0. The minimum Gasteiger partial charge on any atom is -0.353 e. The molecule has 2 N–H and O–H groups in total. The van der Waals surface area contributed by atoms with Crippen LogP contribution in [0.4, 0.5) is 0 Å². The van der Waals surface area contributed by atoms with Gasteiger partial charge in [0.05, 0.1) is 0 Å². The van der Waals surface area contributed by atoms with Crippen LogP contribution in [-0.4, -0.2) is 48.9 Å².